The highest BCUT2D eigenvalue weighted by Gasteiger charge is 2.11. The minimum atomic E-state index is -0.280. The molecule has 72 valence electrons. The minimum absolute atomic E-state index is 0.0656. The molecule has 0 bridgehead atoms. The number of halogens is 2. The van der Waals surface area contributed by atoms with Gasteiger partial charge < -0.3 is 0 Å². The van der Waals surface area contributed by atoms with Gasteiger partial charge in [0.05, 0.1) is 0 Å². The molecular formula is C10H13BrFP. The maximum Gasteiger partial charge on any atom is 0.131 e. The van der Waals surface area contributed by atoms with Crippen LogP contribution in [-0.4, -0.2) is 12.3 Å². The number of hydrogen-bond donors (Lipinski definition) is 0. The van der Waals surface area contributed by atoms with Gasteiger partial charge in [-0.1, -0.05) is 43.8 Å². The zero-order valence-corrected chi connectivity index (χ0v) is 10.3. The van der Waals surface area contributed by atoms with E-state index in [9.17, 15) is 4.39 Å². The Labute approximate surface area is 88.4 Å². The molecule has 1 aromatic carbocycles. The smallest absolute Gasteiger partial charge is 0.131 e. The van der Waals surface area contributed by atoms with Crippen LogP contribution in [0, 0.1) is 5.82 Å². The van der Waals surface area contributed by atoms with Gasteiger partial charge in [0.15, 0.2) is 0 Å². The molecule has 0 unspecified atom stereocenters. The van der Waals surface area contributed by atoms with Gasteiger partial charge in [-0.3, -0.25) is 0 Å². The quantitative estimate of drug-likeness (QED) is 0.729. The molecule has 0 saturated heterocycles. The number of benzene rings is 1. The molecule has 0 heterocycles. The van der Waals surface area contributed by atoms with Crippen molar-refractivity contribution >= 4 is 29.2 Å². The Morgan fingerprint density at radius 3 is 2.38 bits per heavy atom. The average Bonchev–Trinajstić information content (AvgIpc) is 2.10. The molecule has 0 spiro atoms. The van der Waals surface area contributed by atoms with Crippen LogP contribution in [0.3, 0.4) is 0 Å². The molecule has 3 heteroatoms. The van der Waals surface area contributed by atoms with E-state index >= 15 is 0 Å². The highest BCUT2D eigenvalue weighted by atomic mass is 79.9. The lowest BCUT2D eigenvalue weighted by Gasteiger charge is -2.14. The lowest BCUT2D eigenvalue weighted by Crippen LogP contribution is -2.08. The van der Waals surface area contributed by atoms with Crippen molar-refractivity contribution in [2.45, 2.75) is 13.8 Å². The Balaban J connectivity index is 2.99. The molecule has 0 aliphatic heterocycles. The fourth-order valence-corrected chi connectivity index (χ4v) is 3.42. The zero-order chi connectivity index (χ0) is 9.84. The van der Waals surface area contributed by atoms with Crippen molar-refractivity contribution in [3.63, 3.8) is 0 Å². The fourth-order valence-electron chi connectivity index (χ4n) is 1.30. The molecule has 0 nitrogen and oxygen atoms in total. The third-order valence-electron chi connectivity index (χ3n) is 2.01. The van der Waals surface area contributed by atoms with E-state index in [2.05, 4.69) is 29.8 Å². The molecule has 0 fully saturated rings. The van der Waals surface area contributed by atoms with E-state index in [0.29, 0.717) is 0 Å². The van der Waals surface area contributed by atoms with Crippen LogP contribution in [0.2, 0.25) is 0 Å². The second kappa shape index (κ2) is 5.07. The van der Waals surface area contributed by atoms with E-state index in [1.54, 1.807) is 6.07 Å². The molecule has 0 aliphatic carbocycles. The highest BCUT2D eigenvalue weighted by Crippen LogP contribution is 2.34. The van der Waals surface area contributed by atoms with Crippen molar-refractivity contribution in [3.05, 3.63) is 28.5 Å². The Morgan fingerprint density at radius 2 is 1.92 bits per heavy atom. The van der Waals surface area contributed by atoms with Crippen molar-refractivity contribution in [1.82, 2.24) is 0 Å². The molecule has 0 atom stereocenters. The van der Waals surface area contributed by atoms with E-state index in [4.69, 9.17) is 0 Å². The molecule has 0 saturated carbocycles. The number of hydrogen-bond acceptors (Lipinski definition) is 0. The number of rotatable bonds is 3. The largest absolute Gasteiger partial charge is 0.206 e. The van der Waals surface area contributed by atoms with Crippen LogP contribution in [0.25, 0.3) is 0 Å². The molecule has 1 rings (SSSR count). The van der Waals surface area contributed by atoms with Gasteiger partial charge in [0.2, 0.25) is 0 Å². The second-order valence-corrected chi connectivity index (χ2v) is 6.51. The third kappa shape index (κ3) is 2.75. The van der Waals surface area contributed by atoms with Crippen LogP contribution in [0.15, 0.2) is 22.7 Å². The van der Waals surface area contributed by atoms with Crippen molar-refractivity contribution in [2.24, 2.45) is 0 Å². The highest BCUT2D eigenvalue weighted by molar-refractivity contribution is 9.10. The van der Waals surface area contributed by atoms with Gasteiger partial charge in [0.25, 0.3) is 0 Å². The first-order valence-electron chi connectivity index (χ1n) is 4.39. The summed E-state index contributed by atoms with van der Waals surface area (Å²) in [5.74, 6) is -0.0656. The molecule has 0 aromatic heterocycles. The summed E-state index contributed by atoms with van der Waals surface area (Å²) in [6, 6.07) is 5.37. The van der Waals surface area contributed by atoms with E-state index in [1.807, 2.05) is 12.1 Å². The van der Waals surface area contributed by atoms with Crippen LogP contribution in [0.5, 0.6) is 0 Å². The molecule has 0 N–H and O–H groups in total. The summed E-state index contributed by atoms with van der Waals surface area (Å²) >= 11 is 3.26. The maximum absolute atomic E-state index is 13.5. The normalized spacial score (nSPS) is 10.8. The van der Waals surface area contributed by atoms with Crippen molar-refractivity contribution < 1.29 is 4.39 Å². The zero-order valence-electron chi connectivity index (χ0n) is 7.85. The Morgan fingerprint density at radius 1 is 1.31 bits per heavy atom. The first kappa shape index (κ1) is 11.1. The predicted octanol–water partition coefficient (Wildman–Crippen LogP) is 3.74. The summed E-state index contributed by atoms with van der Waals surface area (Å²) in [6.45, 7) is 4.24. The van der Waals surface area contributed by atoms with Crippen LogP contribution in [0.4, 0.5) is 4.39 Å². The topological polar surface area (TPSA) is 0 Å². The summed E-state index contributed by atoms with van der Waals surface area (Å²) in [7, 11) is -0.280. The van der Waals surface area contributed by atoms with Gasteiger partial charge in [-0.05, 0) is 24.5 Å². The fraction of sp³-hybridized carbons (Fsp3) is 0.400. The van der Waals surface area contributed by atoms with Crippen LogP contribution < -0.4 is 5.30 Å². The van der Waals surface area contributed by atoms with Crippen molar-refractivity contribution in [1.29, 1.82) is 0 Å². The summed E-state index contributed by atoms with van der Waals surface area (Å²) in [6.07, 6.45) is 2.12. The second-order valence-electron chi connectivity index (χ2n) is 2.77. The SMILES string of the molecule is CCP(CC)c1ccc(Br)cc1F. The van der Waals surface area contributed by atoms with E-state index in [0.717, 1.165) is 22.1 Å². The van der Waals surface area contributed by atoms with Gasteiger partial charge in [-0.25, -0.2) is 4.39 Å². The summed E-state index contributed by atoms with van der Waals surface area (Å²) in [4.78, 5) is 0. The lowest BCUT2D eigenvalue weighted by atomic mass is 10.3. The first-order chi connectivity index (χ1) is 6.19. The summed E-state index contributed by atoms with van der Waals surface area (Å²) in [5.41, 5.74) is 0. The van der Waals surface area contributed by atoms with Crippen LogP contribution in [0.1, 0.15) is 13.8 Å². The van der Waals surface area contributed by atoms with E-state index < -0.39 is 0 Å². The van der Waals surface area contributed by atoms with E-state index in [1.165, 1.54) is 0 Å². The standard InChI is InChI=1S/C10H13BrFP/c1-3-13(4-2)10-6-5-8(11)7-9(10)12/h5-7H,3-4H2,1-2H3. The summed E-state index contributed by atoms with van der Waals surface area (Å²) in [5, 5.41) is 0.906. The minimum Gasteiger partial charge on any atom is -0.206 e. The third-order valence-corrected chi connectivity index (χ3v) is 5.08. The van der Waals surface area contributed by atoms with Gasteiger partial charge in [0.1, 0.15) is 5.82 Å². The van der Waals surface area contributed by atoms with Crippen molar-refractivity contribution in [3.8, 4) is 0 Å². The summed E-state index contributed by atoms with van der Waals surface area (Å²) < 4.78 is 14.3. The van der Waals surface area contributed by atoms with Gasteiger partial charge in [0, 0.05) is 9.78 Å². The maximum atomic E-state index is 13.5. The van der Waals surface area contributed by atoms with Crippen molar-refractivity contribution in [2.75, 3.05) is 12.3 Å². The monoisotopic (exact) mass is 262 g/mol. The molecule has 1 aromatic rings. The lowest BCUT2D eigenvalue weighted by molar-refractivity contribution is 0.635. The van der Waals surface area contributed by atoms with Crippen LogP contribution in [-0.2, 0) is 0 Å². The molecule has 0 aliphatic rings. The molecular weight excluding hydrogens is 250 g/mol. The van der Waals surface area contributed by atoms with Gasteiger partial charge >= 0.3 is 0 Å². The van der Waals surface area contributed by atoms with Gasteiger partial charge in [-0.2, -0.15) is 0 Å². The van der Waals surface area contributed by atoms with E-state index in [-0.39, 0.29) is 13.7 Å². The Hall–Kier alpha value is 0.0600. The average molecular weight is 263 g/mol. The molecule has 13 heavy (non-hydrogen) atoms. The van der Waals surface area contributed by atoms with Crippen LogP contribution >= 0.6 is 23.9 Å². The van der Waals surface area contributed by atoms with Gasteiger partial charge in [-0.15, -0.1) is 0 Å². The Kier molecular flexibility index (Phi) is 4.34. The molecule has 0 amide bonds. The predicted molar refractivity (Wildman–Crippen MR) is 61.7 cm³/mol. The first-order valence-corrected chi connectivity index (χ1v) is 6.89. The Bertz CT molecular complexity index is 284. The molecule has 0 radical (unpaired) electrons.